The fourth-order valence-corrected chi connectivity index (χ4v) is 5.27. The minimum atomic E-state index is -1.31. The Bertz CT molecular complexity index is 1520. The lowest BCUT2D eigenvalue weighted by Gasteiger charge is -2.17. The number of nitrogens with one attached hydrogen (secondary N) is 1. The number of fused-ring (bicyclic) bond motifs is 1. The summed E-state index contributed by atoms with van der Waals surface area (Å²) < 4.78 is 14.0. The van der Waals surface area contributed by atoms with E-state index in [0.29, 0.717) is 39.5 Å². The van der Waals surface area contributed by atoms with Crippen molar-refractivity contribution in [2.24, 2.45) is 0 Å². The maximum absolute atomic E-state index is 11.7. The molecule has 0 radical (unpaired) electrons. The second-order valence-corrected chi connectivity index (χ2v) is 16.4. The number of nitrogens with zero attached hydrogens (tertiary/aromatic N) is 5. The Balaban J connectivity index is 2.01. The van der Waals surface area contributed by atoms with Gasteiger partial charge < -0.3 is 19.4 Å². The van der Waals surface area contributed by atoms with E-state index in [4.69, 9.17) is 14.5 Å². The average Bonchev–Trinajstić information content (AvgIpc) is 3.19. The number of hydrogen-bond donors (Lipinski definition) is 1. The highest BCUT2D eigenvalue weighted by atomic mass is 79.9. The summed E-state index contributed by atoms with van der Waals surface area (Å²) in [5.74, 6) is 0.680. The highest BCUT2D eigenvalue weighted by molar-refractivity contribution is 9.10. The lowest BCUT2D eigenvalue weighted by molar-refractivity contribution is -0.114. The Morgan fingerprint density at radius 2 is 1.97 bits per heavy atom. The van der Waals surface area contributed by atoms with Crippen LogP contribution in [0.3, 0.4) is 0 Å². The van der Waals surface area contributed by atoms with E-state index in [1.165, 1.54) is 6.92 Å². The van der Waals surface area contributed by atoms with Gasteiger partial charge in [-0.2, -0.15) is 5.26 Å². The van der Waals surface area contributed by atoms with Crippen molar-refractivity contribution in [3.05, 3.63) is 52.9 Å². The summed E-state index contributed by atoms with van der Waals surface area (Å²) in [5, 5.41) is 12.8. The molecule has 0 saturated carbocycles. The van der Waals surface area contributed by atoms with Crippen LogP contribution < -0.4 is 10.1 Å². The SMILES string of the molecule is COc1ccc(-c2c(-c3ccnc(NC(C)=O)c3)n(COCC[Si](C)(C)C)c3c(C#N)cc(Br)nc23)cn1. The maximum Gasteiger partial charge on any atom is 0.222 e. The normalized spacial score (nSPS) is 11.4. The maximum atomic E-state index is 11.7. The van der Waals surface area contributed by atoms with E-state index in [9.17, 15) is 10.1 Å². The van der Waals surface area contributed by atoms with Crippen LogP contribution in [0.2, 0.25) is 25.7 Å². The third-order valence-electron chi connectivity index (χ3n) is 5.88. The van der Waals surface area contributed by atoms with E-state index in [1.807, 2.05) is 16.7 Å². The van der Waals surface area contributed by atoms with Gasteiger partial charge in [-0.25, -0.2) is 15.0 Å². The molecule has 38 heavy (non-hydrogen) atoms. The third-order valence-corrected chi connectivity index (χ3v) is 7.99. The second-order valence-electron chi connectivity index (χ2n) is 10.0. The van der Waals surface area contributed by atoms with Gasteiger partial charge in [0.2, 0.25) is 11.8 Å². The van der Waals surface area contributed by atoms with Crippen LogP contribution in [0.5, 0.6) is 5.88 Å². The first-order valence-electron chi connectivity index (χ1n) is 12.1. The van der Waals surface area contributed by atoms with Gasteiger partial charge in [0.25, 0.3) is 0 Å². The Morgan fingerprint density at radius 3 is 2.61 bits per heavy atom. The van der Waals surface area contributed by atoms with Gasteiger partial charge in [0, 0.05) is 56.8 Å². The van der Waals surface area contributed by atoms with Gasteiger partial charge in [-0.3, -0.25) is 4.79 Å². The minimum absolute atomic E-state index is 0.218. The number of carbonyl (C=O) groups excluding carboxylic acids is 1. The molecule has 4 heterocycles. The molecule has 0 aliphatic heterocycles. The Hall–Kier alpha value is -3.59. The summed E-state index contributed by atoms with van der Waals surface area (Å²) in [6.07, 6.45) is 3.36. The second kappa shape index (κ2) is 11.4. The summed E-state index contributed by atoms with van der Waals surface area (Å²) in [4.78, 5) is 25.3. The average molecular weight is 594 g/mol. The van der Waals surface area contributed by atoms with E-state index < -0.39 is 8.07 Å². The fraction of sp³-hybridized carbons (Fsp3) is 0.296. The van der Waals surface area contributed by atoms with Crippen molar-refractivity contribution in [1.29, 1.82) is 5.26 Å². The molecule has 0 fully saturated rings. The van der Waals surface area contributed by atoms with E-state index in [-0.39, 0.29) is 12.6 Å². The first-order chi connectivity index (χ1) is 18.1. The van der Waals surface area contributed by atoms with Crippen molar-refractivity contribution in [2.45, 2.75) is 39.3 Å². The summed E-state index contributed by atoms with van der Waals surface area (Å²) in [6.45, 7) is 9.17. The number of nitriles is 1. The molecule has 0 spiro atoms. The minimum Gasteiger partial charge on any atom is -0.481 e. The smallest absolute Gasteiger partial charge is 0.222 e. The summed E-state index contributed by atoms with van der Waals surface area (Å²) in [6, 6.07) is 12.4. The van der Waals surface area contributed by atoms with Crippen molar-refractivity contribution in [3.8, 4) is 34.3 Å². The molecule has 0 unspecified atom stereocenters. The van der Waals surface area contributed by atoms with Crippen LogP contribution in [0.25, 0.3) is 33.4 Å². The van der Waals surface area contributed by atoms with Gasteiger partial charge in [0.15, 0.2) is 0 Å². The monoisotopic (exact) mass is 592 g/mol. The predicted molar refractivity (Wildman–Crippen MR) is 154 cm³/mol. The van der Waals surface area contributed by atoms with Gasteiger partial charge in [-0.1, -0.05) is 19.6 Å². The largest absolute Gasteiger partial charge is 0.481 e. The number of rotatable bonds is 9. The lowest BCUT2D eigenvalue weighted by atomic mass is 10.0. The number of carbonyl (C=O) groups is 1. The third kappa shape index (κ3) is 6.10. The highest BCUT2D eigenvalue weighted by Gasteiger charge is 2.25. The molecule has 196 valence electrons. The van der Waals surface area contributed by atoms with Crippen LogP contribution in [-0.2, 0) is 16.3 Å². The molecule has 0 atom stereocenters. The van der Waals surface area contributed by atoms with Crippen LogP contribution in [0.15, 0.2) is 47.3 Å². The number of halogens is 1. The van der Waals surface area contributed by atoms with Crippen LogP contribution in [0, 0.1) is 11.3 Å². The van der Waals surface area contributed by atoms with Crippen molar-refractivity contribution in [3.63, 3.8) is 0 Å². The summed E-state index contributed by atoms with van der Waals surface area (Å²) >= 11 is 3.48. The molecule has 4 aromatic heterocycles. The van der Waals surface area contributed by atoms with Crippen molar-refractivity contribution in [1.82, 2.24) is 19.5 Å². The molecule has 4 rings (SSSR count). The number of hydrogen-bond acceptors (Lipinski definition) is 7. The first-order valence-corrected chi connectivity index (χ1v) is 16.6. The zero-order chi connectivity index (χ0) is 27.4. The van der Waals surface area contributed by atoms with Crippen LogP contribution >= 0.6 is 15.9 Å². The standard InChI is InChI=1S/C27H29BrN6O3Si/c1-17(35)32-22-13-18(8-9-30-22)26-24(19-6-7-23(36-2)31-15-19)25-27(20(14-29)12-21(28)33-25)34(26)16-37-10-11-38(3,4)5/h6-9,12-13,15H,10-11,16H2,1-5H3,(H,30,32,35). The molecule has 0 bridgehead atoms. The number of pyridine rings is 3. The number of amides is 1. The van der Waals surface area contributed by atoms with E-state index >= 15 is 0 Å². The van der Waals surface area contributed by atoms with Gasteiger partial charge in [0.05, 0.1) is 29.4 Å². The van der Waals surface area contributed by atoms with Crippen LogP contribution in [0.1, 0.15) is 12.5 Å². The first kappa shape index (κ1) is 27.4. The zero-order valence-electron chi connectivity index (χ0n) is 22.0. The summed E-state index contributed by atoms with van der Waals surface area (Å²) in [7, 11) is 0.260. The topological polar surface area (TPSA) is 115 Å². The lowest BCUT2D eigenvalue weighted by Crippen LogP contribution is -2.22. The quantitative estimate of drug-likeness (QED) is 0.142. The van der Waals surface area contributed by atoms with Crippen molar-refractivity contribution in [2.75, 3.05) is 19.0 Å². The molecular formula is C27H29BrN6O3Si. The Morgan fingerprint density at radius 1 is 1.18 bits per heavy atom. The van der Waals surface area contributed by atoms with E-state index in [0.717, 1.165) is 28.4 Å². The molecule has 1 amide bonds. The van der Waals surface area contributed by atoms with Gasteiger partial charge in [0.1, 0.15) is 23.2 Å². The van der Waals surface area contributed by atoms with Crippen LogP contribution in [-0.4, -0.2) is 47.2 Å². The number of aromatic nitrogens is 4. The molecule has 1 N–H and O–H groups in total. The van der Waals surface area contributed by atoms with Crippen molar-refractivity contribution < 1.29 is 14.3 Å². The Labute approximate surface area is 231 Å². The summed E-state index contributed by atoms with van der Waals surface area (Å²) in [5.41, 5.74) is 4.87. The Kier molecular flexibility index (Phi) is 8.25. The fourth-order valence-electron chi connectivity index (χ4n) is 4.11. The van der Waals surface area contributed by atoms with Gasteiger partial charge >= 0.3 is 0 Å². The number of ether oxygens (including phenoxy) is 2. The van der Waals surface area contributed by atoms with Crippen LogP contribution in [0.4, 0.5) is 5.82 Å². The van der Waals surface area contributed by atoms with Gasteiger partial charge in [-0.15, -0.1) is 0 Å². The van der Waals surface area contributed by atoms with E-state index in [2.05, 4.69) is 56.9 Å². The number of anilines is 1. The van der Waals surface area contributed by atoms with Crippen molar-refractivity contribution >= 4 is 46.8 Å². The molecule has 11 heteroatoms. The molecule has 0 aromatic carbocycles. The molecule has 0 saturated heterocycles. The molecule has 9 nitrogen and oxygen atoms in total. The van der Waals surface area contributed by atoms with E-state index in [1.54, 1.807) is 37.7 Å². The molecule has 0 aliphatic rings. The molecular weight excluding hydrogens is 564 g/mol. The highest BCUT2D eigenvalue weighted by Crippen LogP contribution is 2.42. The zero-order valence-corrected chi connectivity index (χ0v) is 24.6. The van der Waals surface area contributed by atoms with Gasteiger partial charge in [-0.05, 0) is 46.2 Å². The molecule has 0 aliphatic carbocycles. The predicted octanol–water partition coefficient (Wildman–Crippen LogP) is 6.07. The number of methoxy groups -OCH3 is 1. The molecule has 4 aromatic rings.